The number of hydrogen-bond donors (Lipinski definition) is 3. The molecule has 1 aromatic rings. The van der Waals surface area contributed by atoms with E-state index in [2.05, 4.69) is 10.5 Å². The van der Waals surface area contributed by atoms with Gasteiger partial charge in [0, 0.05) is 6.54 Å². The van der Waals surface area contributed by atoms with Crippen molar-refractivity contribution in [2.24, 2.45) is 5.18 Å². The highest BCUT2D eigenvalue weighted by Gasteiger charge is 2.05. The molecule has 14 heavy (non-hydrogen) atoms. The first-order chi connectivity index (χ1) is 6.77. The van der Waals surface area contributed by atoms with Gasteiger partial charge in [-0.05, 0) is 22.9 Å². The Kier molecular flexibility index (Phi) is 4.18. The van der Waals surface area contributed by atoms with Crippen LogP contribution >= 0.6 is 0 Å². The zero-order valence-corrected chi connectivity index (χ0v) is 7.55. The summed E-state index contributed by atoms with van der Waals surface area (Å²) < 4.78 is 0. The highest BCUT2D eigenvalue weighted by molar-refractivity contribution is 5.38. The van der Waals surface area contributed by atoms with E-state index in [9.17, 15) is 10.0 Å². The summed E-state index contributed by atoms with van der Waals surface area (Å²) in [7, 11) is 0. The van der Waals surface area contributed by atoms with E-state index in [-0.39, 0.29) is 6.61 Å². The lowest BCUT2D eigenvalue weighted by Gasteiger charge is -2.11. The van der Waals surface area contributed by atoms with E-state index in [4.69, 9.17) is 5.11 Å². The molecule has 0 amide bonds. The maximum atomic E-state index is 10.1. The first-order valence-corrected chi connectivity index (χ1v) is 4.23. The Balaban J connectivity index is 2.61. The normalized spacial score (nSPS) is 12.4. The van der Waals surface area contributed by atoms with Gasteiger partial charge in [-0.25, -0.2) is 0 Å². The Labute approximate surface area is 81.4 Å². The number of aliphatic hydroxyl groups is 2. The fraction of sp³-hybridized carbons (Fsp3) is 0.333. The summed E-state index contributed by atoms with van der Waals surface area (Å²) >= 11 is 0. The van der Waals surface area contributed by atoms with Crippen LogP contribution in [0.25, 0.3) is 0 Å². The lowest BCUT2D eigenvalue weighted by molar-refractivity contribution is 0.129. The number of nitroso groups, excluding NO2 is 1. The van der Waals surface area contributed by atoms with Crippen molar-refractivity contribution in [3.8, 4) is 0 Å². The molecule has 0 aromatic heterocycles. The highest BCUT2D eigenvalue weighted by atomic mass is 16.3. The zero-order valence-electron chi connectivity index (χ0n) is 7.55. The maximum Gasteiger partial charge on any atom is 0.131 e. The molecule has 0 aliphatic carbocycles. The number of hydrogen-bond acceptors (Lipinski definition) is 5. The quantitative estimate of drug-likeness (QED) is 0.477. The predicted octanol–water partition coefficient (Wildman–Crippen LogP) is 0.657. The van der Waals surface area contributed by atoms with Gasteiger partial charge in [0.1, 0.15) is 11.9 Å². The molecule has 3 N–H and O–H groups in total. The second kappa shape index (κ2) is 5.43. The van der Waals surface area contributed by atoms with Gasteiger partial charge in [-0.15, -0.1) is 4.91 Å². The van der Waals surface area contributed by atoms with Crippen molar-refractivity contribution in [2.45, 2.75) is 6.23 Å². The van der Waals surface area contributed by atoms with Crippen LogP contribution in [-0.2, 0) is 0 Å². The molecule has 5 heteroatoms. The fourth-order valence-electron chi connectivity index (χ4n) is 1.04. The van der Waals surface area contributed by atoms with E-state index in [1.54, 1.807) is 12.1 Å². The van der Waals surface area contributed by atoms with Gasteiger partial charge in [0.2, 0.25) is 0 Å². The summed E-state index contributed by atoms with van der Waals surface area (Å²) in [4.78, 5) is 10.1. The smallest absolute Gasteiger partial charge is 0.131 e. The summed E-state index contributed by atoms with van der Waals surface area (Å²) in [5.41, 5.74) is 0.953. The Bertz CT molecular complexity index is 287. The van der Waals surface area contributed by atoms with Crippen molar-refractivity contribution < 1.29 is 10.2 Å². The Morgan fingerprint density at radius 2 is 2.00 bits per heavy atom. The minimum Gasteiger partial charge on any atom is -0.395 e. The molecule has 76 valence electrons. The molecule has 0 aliphatic rings. The second-order valence-electron chi connectivity index (χ2n) is 2.76. The van der Waals surface area contributed by atoms with Crippen LogP contribution in [0.5, 0.6) is 0 Å². The molecule has 0 heterocycles. The molecule has 0 bridgehead atoms. The van der Waals surface area contributed by atoms with Crippen LogP contribution in [0.3, 0.4) is 0 Å². The number of benzene rings is 1. The Morgan fingerprint density at radius 1 is 1.36 bits per heavy atom. The SMILES string of the molecule is O=Nc1ccc(C(O)NCCO)cc1. The van der Waals surface area contributed by atoms with Crippen molar-refractivity contribution >= 4 is 5.69 Å². The van der Waals surface area contributed by atoms with E-state index in [0.29, 0.717) is 17.8 Å². The van der Waals surface area contributed by atoms with Gasteiger partial charge in [-0.2, -0.15) is 0 Å². The number of rotatable bonds is 5. The predicted molar refractivity (Wildman–Crippen MR) is 51.9 cm³/mol. The molecule has 0 fully saturated rings. The topological polar surface area (TPSA) is 81.9 Å². The molecule has 5 nitrogen and oxygen atoms in total. The minimum absolute atomic E-state index is 0.0367. The van der Waals surface area contributed by atoms with Crippen molar-refractivity contribution in [1.82, 2.24) is 5.32 Å². The fourth-order valence-corrected chi connectivity index (χ4v) is 1.04. The molecular formula is C9H12N2O3. The van der Waals surface area contributed by atoms with Crippen LogP contribution in [0, 0.1) is 4.91 Å². The zero-order chi connectivity index (χ0) is 10.4. The number of nitrogens with zero attached hydrogens (tertiary/aromatic N) is 1. The van der Waals surface area contributed by atoms with E-state index in [0.717, 1.165) is 0 Å². The summed E-state index contributed by atoms with van der Waals surface area (Å²) in [5.74, 6) is 0. The van der Waals surface area contributed by atoms with Gasteiger partial charge in [0.15, 0.2) is 0 Å². The molecule has 1 unspecified atom stereocenters. The molecule has 1 rings (SSSR count). The Morgan fingerprint density at radius 3 is 2.50 bits per heavy atom. The van der Waals surface area contributed by atoms with Crippen LogP contribution in [0.2, 0.25) is 0 Å². The summed E-state index contributed by atoms with van der Waals surface area (Å²) in [6.45, 7) is 0.278. The minimum atomic E-state index is -0.831. The summed E-state index contributed by atoms with van der Waals surface area (Å²) in [6, 6.07) is 6.25. The monoisotopic (exact) mass is 196 g/mol. The lowest BCUT2D eigenvalue weighted by Crippen LogP contribution is -2.23. The van der Waals surface area contributed by atoms with Gasteiger partial charge in [-0.3, -0.25) is 5.32 Å². The molecule has 0 saturated carbocycles. The van der Waals surface area contributed by atoms with Gasteiger partial charge in [0.25, 0.3) is 0 Å². The van der Waals surface area contributed by atoms with E-state index in [1.807, 2.05) is 0 Å². The first-order valence-electron chi connectivity index (χ1n) is 4.23. The molecule has 1 atom stereocenters. The van der Waals surface area contributed by atoms with Gasteiger partial charge in [-0.1, -0.05) is 12.1 Å². The molecular weight excluding hydrogens is 184 g/mol. The van der Waals surface area contributed by atoms with Crippen molar-refractivity contribution in [3.05, 3.63) is 34.7 Å². The van der Waals surface area contributed by atoms with Crippen LogP contribution in [0.1, 0.15) is 11.8 Å². The van der Waals surface area contributed by atoms with E-state index < -0.39 is 6.23 Å². The van der Waals surface area contributed by atoms with Gasteiger partial charge in [0.05, 0.1) is 6.61 Å². The Hall–Kier alpha value is -1.30. The van der Waals surface area contributed by atoms with Crippen LogP contribution in [-0.4, -0.2) is 23.4 Å². The number of aliphatic hydroxyl groups excluding tert-OH is 2. The van der Waals surface area contributed by atoms with E-state index >= 15 is 0 Å². The van der Waals surface area contributed by atoms with Crippen molar-refractivity contribution in [2.75, 3.05) is 13.2 Å². The third kappa shape index (κ3) is 2.88. The first kappa shape index (κ1) is 10.8. The van der Waals surface area contributed by atoms with Crippen LogP contribution < -0.4 is 5.32 Å². The average molecular weight is 196 g/mol. The van der Waals surface area contributed by atoms with Crippen LogP contribution in [0.4, 0.5) is 5.69 Å². The second-order valence-corrected chi connectivity index (χ2v) is 2.76. The average Bonchev–Trinajstić information content (AvgIpc) is 2.26. The summed E-state index contributed by atoms with van der Waals surface area (Å²) in [5, 5.41) is 23.4. The number of nitrogens with one attached hydrogen (secondary N) is 1. The lowest BCUT2D eigenvalue weighted by atomic mass is 10.2. The van der Waals surface area contributed by atoms with Gasteiger partial charge >= 0.3 is 0 Å². The standard InChI is InChI=1S/C9H12N2O3/c12-6-5-10-9(13)7-1-3-8(11-14)4-2-7/h1-4,9-10,12-13H,5-6H2. The van der Waals surface area contributed by atoms with Crippen molar-refractivity contribution in [1.29, 1.82) is 0 Å². The summed E-state index contributed by atoms with van der Waals surface area (Å²) in [6.07, 6.45) is -0.831. The molecule has 1 aromatic carbocycles. The molecule has 0 aliphatic heterocycles. The van der Waals surface area contributed by atoms with Crippen molar-refractivity contribution in [3.63, 3.8) is 0 Å². The third-order valence-electron chi connectivity index (χ3n) is 1.76. The molecule has 0 spiro atoms. The van der Waals surface area contributed by atoms with Gasteiger partial charge < -0.3 is 10.2 Å². The molecule has 0 radical (unpaired) electrons. The third-order valence-corrected chi connectivity index (χ3v) is 1.76. The largest absolute Gasteiger partial charge is 0.395 e. The van der Waals surface area contributed by atoms with Crippen LogP contribution in [0.15, 0.2) is 29.4 Å². The molecule has 0 saturated heterocycles. The van der Waals surface area contributed by atoms with E-state index in [1.165, 1.54) is 12.1 Å². The maximum absolute atomic E-state index is 10.1. The highest BCUT2D eigenvalue weighted by Crippen LogP contribution is 2.16.